The highest BCUT2D eigenvalue weighted by Crippen LogP contribution is 2.10. The minimum absolute atomic E-state index is 0.0795. The molecule has 0 bridgehead atoms. The van der Waals surface area contributed by atoms with E-state index in [2.05, 4.69) is 27.2 Å². The van der Waals surface area contributed by atoms with E-state index in [-0.39, 0.29) is 18.4 Å². The van der Waals surface area contributed by atoms with Crippen LogP contribution in [0, 0.1) is 5.92 Å². The molecule has 0 aliphatic carbocycles. The van der Waals surface area contributed by atoms with Gasteiger partial charge >= 0.3 is 5.97 Å². The number of nitrogens with one attached hydrogen (secondary N) is 1. The third-order valence-electron chi connectivity index (χ3n) is 4.88. The molecule has 1 aliphatic heterocycles. The number of piperazine rings is 1. The lowest BCUT2D eigenvalue weighted by Gasteiger charge is -2.34. The highest BCUT2D eigenvalue weighted by atomic mass is 16.4. The van der Waals surface area contributed by atoms with E-state index in [1.807, 2.05) is 32.0 Å². The van der Waals surface area contributed by atoms with Crippen LogP contribution in [0.25, 0.3) is 0 Å². The predicted octanol–water partition coefficient (Wildman–Crippen LogP) is 1.42. The molecule has 138 valence electrons. The van der Waals surface area contributed by atoms with Crippen molar-refractivity contribution in [2.45, 2.75) is 32.9 Å². The highest BCUT2D eigenvalue weighted by Gasteiger charge is 2.26. The predicted molar refractivity (Wildman–Crippen MR) is 97.2 cm³/mol. The van der Waals surface area contributed by atoms with E-state index in [0.29, 0.717) is 0 Å². The van der Waals surface area contributed by atoms with Crippen molar-refractivity contribution >= 4 is 11.9 Å². The van der Waals surface area contributed by atoms with Gasteiger partial charge in [0.1, 0.15) is 6.04 Å². The lowest BCUT2D eigenvalue weighted by Crippen LogP contribution is -2.52. The lowest BCUT2D eigenvalue weighted by molar-refractivity contribution is -0.143. The Hall–Kier alpha value is -1.92. The largest absolute Gasteiger partial charge is 0.480 e. The summed E-state index contributed by atoms with van der Waals surface area (Å²) in [6.07, 6.45) is 0.718. The van der Waals surface area contributed by atoms with Crippen LogP contribution in [-0.2, 0) is 16.1 Å². The van der Waals surface area contributed by atoms with Gasteiger partial charge in [-0.25, -0.2) is 4.79 Å². The average molecular weight is 347 g/mol. The molecule has 6 heteroatoms. The molecular formula is C19H29N3O3. The summed E-state index contributed by atoms with van der Waals surface area (Å²) in [5.74, 6) is -1.25. The second-order valence-corrected chi connectivity index (χ2v) is 6.81. The summed E-state index contributed by atoms with van der Waals surface area (Å²) in [5, 5.41) is 11.9. The summed E-state index contributed by atoms with van der Waals surface area (Å²) >= 11 is 0. The van der Waals surface area contributed by atoms with Crippen LogP contribution in [0.1, 0.15) is 25.8 Å². The second kappa shape index (κ2) is 9.53. The first kappa shape index (κ1) is 19.4. The summed E-state index contributed by atoms with van der Waals surface area (Å²) in [6.45, 7) is 8.43. The molecule has 1 heterocycles. The molecule has 0 unspecified atom stereocenters. The molecule has 1 aromatic carbocycles. The number of carboxylic acid groups (broad SMARTS) is 1. The zero-order valence-electron chi connectivity index (χ0n) is 15.1. The van der Waals surface area contributed by atoms with Crippen LogP contribution in [-0.4, -0.2) is 65.5 Å². The Morgan fingerprint density at radius 2 is 1.72 bits per heavy atom. The number of aliphatic carboxylic acids is 1. The number of nitrogens with zero attached hydrogens (tertiary/aromatic N) is 2. The summed E-state index contributed by atoms with van der Waals surface area (Å²) in [5.41, 5.74) is 1.30. The van der Waals surface area contributed by atoms with Gasteiger partial charge in [0.25, 0.3) is 0 Å². The van der Waals surface area contributed by atoms with Gasteiger partial charge in [-0.1, -0.05) is 50.6 Å². The van der Waals surface area contributed by atoms with Crippen molar-refractivity contribution in [3.8, 4) is 0 Å². The Bertz CT molecular complexity index is 556. The number of amides is 1. The van der Waals surface area contributed by atoms with E-state index >= 15 is 0 Å². The second-order valence-electron chi connectivity index (χ2n) is 6.81. The van der Waals surface area contributed by atoms with Crippen molar-refractivity contribution in [3.63, 3.8) is 0 Å². The number of benzene rings is 1. The van der Waals surface area contributed by atoms with Crippen molar-refractivity contribution in [2.75, 3.05) is 32.7 Å². The van der Waals surface area contributed by atoms with Crippen LogP contribution in [0.5, 0.6) is 0 Å². The molecule has 0 spiro atoms. The van der Waals surface area contributed by atoms with Gasteiger partial charge in [0.15, 0.2) is 0 Å². The molecule has 1 saturated heterocycles. The number of carbonyl (C=O) groups is 2. The zero-order valence-corrected chi connectivity index (χ0v) is 15.1. The number of carbonyl (C=O) groups excluding carboxylic acids is 1. The molecule has 6 nitrogen and oxygen atoms in total. The van der Waals surface area contributed by atoms with Gasteiger partial charge in [-0.15, -0.1) is 0 Å². The van der Waals surface area contributed by atoms with Gasteiger partial charge in [-0.2, -0.15) is 0 Å². The van der Waals surface area contributed by atoms with E-state index in [4.69, 9.17) is 0 Å². The maximum absolute atomic E-state index is 12.2. The molecule has 2 atom stereocenters. The molecule has 1 aliphatic rings. The first-order valence-corrected chi connectivity index (χ1v) is 9.00. The molecule has 2 rings (SSSR count). The molecule has 1 fully saturated rings. The molecule has 1 amide bonds. The third-order valence-corrected chi connectivity index (χ3v) is 4.88. The first-order valence-electron chi connectivity index (χ1n) is 9.00. The maximum Gasteiger partial charge on any atom is 0.326 e. The van der Waals surface area contributed by atoms with Crippen molar-refractivity contribution in [2.24, 2.45) is 5.92 Å². The fourth-order valence-electron chi connectivity index (χ4n) is 3.05. The van der Waals surface area contributed by atoms with E-state index in [0.717, 1.165) is 39.1 Å². The van der Waals surface area contributed by atoms with E-state index in [1.54, 1.807) is 0 Å². The van der Waals surface area contributed by atoms with Gasteiger partial charge in [0, 0.05) is 32.7 Å². The monoisotopic (exact) mass is 347 g/mol. The normalized spacial score (nSPS) is 18.5. The molecule has 25 heavy (non-hydrogen) atoms. The van der Waals surface area contributed by atoms with E-state index in [1.165, 1.54) is 5.56 Å². The molecular weight excluding hydrogens is 318 g/mol. The molecule has 2 N–H and O–H groups in total. The van der Waals surface area contributed by atoms with Crippen LogP contribution in [0.4, 0.5) is 0 Å². The van der Waals surface area contributed by atoms with E-state index < -0.39 is 12.0 Å². The fraction of sp³-hybridized carbons (Fsp3) is 0.579. The van der Waals surface area contributed by atoms with Gasteiger partial charge in [-0.05, 0) is 11.5 Å². The highest BCUT2D eigenvalue weighted by molar-refractivity contribution is 5.84. The minimum atomic E-state index is -0.963. The Balaban J connectivity index is 1.75. The van der Waals surface area contributed by atoms with E-state index in [9.17, 15) is 14.7 Å². The lowest BCUT2D eigenvalue weighted by atomic mass is 9.99. The Labute approximate surface area is 149 Å². The summed E-state index contributed by atoms with van der Waals surface area (Å²) in [6, 6.07) is 9.56. The number of carboxylic acids is 1. The van der Waals surface area contributed by atoms with Crippen LogP contribution in [0.15, 0.2) is 30.3 Å². The number of rotatable bonds is 8. The molecule has 1 aromatic rings. The third kappa shape index (κ3) is 6.14. The first-order chi connectivity index (χ1) is 12.0. The quantitative estimate of drug-likeness (QED) is 0.744. The molecule has 0 saturated carbocycles. The maximum atomic E-state index is 12.2. The smallest absolute Gasteiger partial charge is 0.326 e. The fourth-order valence-corrected chi connectivity index (χ4v) is 3.05. The summed E-state index contributed by atoms with van der Waals surface area (Å²) in [4.78, 5) is 28.0. The minimum Gasteiger partial charge on any atom is -0.480 e. The molecule has 0 aromatic heterocycles. The Kier molecular flexibility index (Phi) is 7.40. The SMILES string of the molecule is CC[C@H](C)[C@H](NC(=O)CN1CCN(Cc2ccccc2)CC1)C(=O)O. The van der Waals surface area contributed by atoms with Crippen molar-refractivity contribution < 1.29 is 14.7 Å². The van der Waals surface area contributed by atoms with Crippen LogP contribution in [0.2, 0.25) is 0 Å². The topological polar surface area (TPSA) is 72.9 Å². The van der Waals surface area contributed by atoms with Crippen LogP contribution >= 0.6 is 0 Å². The summed E-state index contributed by atoms with van der Waals surface area (Å²) in [7, 11) is 0. The van der Waals surface area contributed by atoms with Gasteiger partial charge in [0.2, 0.25) is 5.91 Å². The van der Waals surface area contributed by atoms with Crippen molar-refractivity contribution in [3.05, 3.63) is 35.9 Å². The van der Waals surface area contributed by atoms with Crippen LogP contribution < -0.4 is 5.32 Å². The van der Waals surface area contributed by atoms with Crippen LogP contribution in [0.3, 0.4) is 0 Å². The Morgan fingerprint density at radius 1 is 1.12 bits per heavy atom. The number of hydrogen-bond donors (Lipinski definition) is 2. The standard InChI is InChI=1S/C19H29N3O3/c1-3-15(2)18(19(24)25)20-17(23)14-22-11-9-21(10-12-22)13-16-7-5-4-6-8-16/h4-8,15,18H,3,9-14H2,1-2H3,(H,20,23)(H,24,25)/t15-,18-/m0/s1. The summed E-state index contributed by atoms with van der Waals surface area (Å²) < 4.78 is 0. The van der Waals surface area contributed by atoms with Crippen molar-refractivity contribution in [1.29, 1.82) is 0 Å². The van der Waals surface area contributed by atoms with Gasteiger partial charge < -0.3 is 10.4 Å². The van der Waals surface area contributed by atoms with Gasteiger partial charge in [-0.3, -0.25) is 14.6 Å². The zero-order chi connectivity index (χ0) is 18.2. The van der Waals surface area contributed by atoms with Crippen molar-refractivity contribution in [1.82, 2.24) is 15.1 Å². The molecule has 0 radical (unpaired) electrons. The van der Waals surface area contributed by atoms with Gasteiger partial charge in [0.05, 0.1) is 6.54 Å². The Morgan fingerprint density at radius 3 is 2.28 bits per heavy atom. The number of hydrogen-bond acceptors (Lipinski definition) is 4. The average Bonchev–Trinajstić information content (AvgIpc) is 2.61.